The predicted molar refractivity (Wildman–Crippen MR) is 144 cm³/mol. The average Bonchev–Trinajstić information content (AvgIpc) is 2.95. The molecule has 0 bridgehead atoms. The number of hydrogen-bond acceptors (Lipinski definition) is 6. The number of rotatable bonds is 9. The van der Waals surface area contributed by atoms with Crippen molar-refractivity contribution in [1.29, 1.82) is 0 Å². The molecule has 3 amide bonds. The number of aliphatic hydroxyl groups excluding tert-OH is 1. The van der Waals surface area contributed by atoms with Gasteiger partial charge in [-0.2, -0.15) is 13.2 Å². The van der Waals surface area contributed by atoms with Crippen molar-refractivity contribution in [3.63, 3.8) is 0 Å². The highest BCUT2D eigenvalue weighted by Crippen LogP contribution is 2.29. The standard InChI is InChI=1S/C29H27F3N4O5/c1-18(37)26(28(40)36-41)35-27(39)22-11-7-19(8-12-22)5-6-20-9-13-24(14-10-20)34-25(38)17-33-16-21-3-2-4-23(15-21)29(30,31)32/h2-4,7-15,18,26,33,37,41H,16-17H2,1H3,(H,34,38)(H,35,39)(H,36,40)/t18-,26+/m1/s1. The van der Waals surface area contributed by atoms with E-state index in [1.54, 1.807) is 42.5 Å². The second kappa shape index (κ2) is 14.1. The van der Waals surface area contributed by atoms with E-state index in [9.17, 15) is 32.7 Å². The molecule has 12 heteroatoms. The zero-order valence-corrected chi connectivity index (χ0v) is 21.8. The molecule has 3 aromatic rings. The maximum absolute atomic E-state index is 12.8. The number of hydrogen-bond donors (Lipinski definition) is 6. The van der Waals surface area contributed by atoms with Crippen LogP contribution in [0.2, 0.25) is 0 Å². The molecule has 0 heterocycles. The molecule has 0 aromatic heterocycles. The van der Waals surface area contributed by atoms with Gasteiger partial charge in [0.15, 0.2) is 0 Å². The number of carbonyl (C=O) groups is 3. The molecule has 41 heavy (non-hydrogen) atoms. The van der Waals surface area contributed by atoms with Crippen molar-refractivity contribution in [3.05, 3.63) is 101 Å². The number of halogens is 3. The molecule has 3 aromatic carbocycles. The number of hydroxylamine groups is 1. The zero-order valence-electron chi connectivity index (χ0n) is 21.8. The van der Waals surface area contributed by atoms with Gasteiger partial charge < -0.3 is 21.1 Å². The van der Waals surface area contributed by atoms with Gasteiger partial charge in [-0.3, -0.25) is 19.6 Å². The Morgan fingerprint density at radius 2 is 1.54 bits per heavy atom. The Kier molecular flexibility index (Phi) is 10.6. The molecule has 3 rings (SSSR count). The number of amides is 3. The van der Waals surface area contributed by atoms with Crippen LogP contribution >= 0.6 is 0 Å². The topological polar surface area (TPSA) is 140 Å². The Hall–Kier alpha value is -4.70. The van der Waals surface area contributed by atoms with Crippen LogP contribution < -0.4 is 21.4 Å². The first kappa shape index (κ1) is 30.8. The Labute approximate surface area is 233 Å². The third-order valence-corrected chi connectivity index (χ3v) is 5.70. The lowest BCUT2D eigenvalue weighted by molar-refractivity contribution is -0.137. The molecule has 0 aliphatic carbocycles. The van der Waals surface area contributed by atoms with Crippen molar-refractivity contribution in [2.75, 3.05) is 11.9 Å². The van der Waals surface area contributed by atoms with Crippen molar-refractivity contribution in [2.24, 2.45) is 0 Å². The minimum atomic E-state index is -4.43. The molecule has 9 nitrogen and oxygen atoms in total. The number of benzene rings is 3. The highest BCUT2D eigenvalue weighted by Gasteiger charge is 2.30. The van der Waals surface area contributed by atoms with E-state index in [2.05, 4.69) is 27.8 Å². The Morgan fingerprint density at radius 3 is 2.10 bits per heavy atom. The Bertz CT molecular complexity index is 1430. The average molecular weight is 569 g/mol. The van der Waals surface area contributed by atoms with Gasteiger partial charge in [0.05, 0.1) is 18.2 Å². The van der Waals surface area contributed by atoms with Crippen LogP contribution in [0.3, 0.4) is 0 Å². The highest BCUT2D eigenvalue weighted by atomic mass is 19.4. The van der Waals surface area contributed by atoms with Crippen LogP contribution in [-0.2, 0) is 22.3 Å². The molecule has 0 aliphatic rings. The van der Waals surface area contributed by atoms with Crippen LogP contribution in [0.4, 0.5) is 18.9 Å². The third kappa shape index (κ3) is 9.47. The monoisotopic (exact) mass is 568 g/mol. The zero-order chi connectivity index (χ0) is 30.0. The molecular formula is C29H27F3N4O5. The quantitative estimate of drug-likeness (QED) is 0.133. The third-order valence-electron chi connectivity index (χ3n) is 5.70. The summed E-state index contributed by atoms with van der Waals surface area (Å²) < 4.78 is 38.5. The minimum Gasteiger partial charge on any atom is -0.391 e. The molecular weight excluding hydrogens is 541 g/mol. The van der Waals surface area contributed by atoms with E-state index in [1.165, 1.54) is 30.6 Å². The maximum atomic E-state index is 12.8. The second-order valence-corrected chi connectivity index (χ2v) is 8.92. The largest absolute Gasteiger partial charge is 0.416 e. The normalized spacial score (nSPS) is 12.3. The first-order valence-electron chi connectivity index (χ1n) is 12.3. The van der Waals surface area contributed by atoms with E-state index in [0.717, 1.165) is 12.1 Å². The van der Waals surface area contributed by atoms with Crippen molar-refractivity contribution in [1.82, 2.24) is 16.1 Å². The van der Waals surface area contributed by atoms with Crippen molar-refractivity contribution in [2.45, 2.75) is 31.8 Å². The molecule has 0 spiro atoms. The van der Waals surface area contributed by atoms with Gasteiger partial charge in [-0.1, -0.05) is 30.0 Å². The molecule has 0 unspecified atom stereocenters. The number of aliphatic hydroxyl groups is 1. The summed E-state index contributed by atoms with van der Waals surface area (Å²) in [4.78, 5) is 36.1. The maximum Gasteiger partial charge on any atom is 0.416 e. The fourth-order valence-electron chi connectivity index (χ4n) is 3.57. The van der Waals surface area contributed by atoms with Gasteiger partial charge in [0.2, 0.25) is 5.91 Å². The summed E-state index contributed by atoms with van der Waals surface area (Å²) in [6.45, 7) is 1.30. The lowest BCUT2D eigenvalue weighted by Gasteiger charge is -2.19. The fraction of sp³-hybridized carbons (Fsp3) is 0.207. The van der Waals surface area contributed by atoms with Gasteiger partial charge in [0, 0.05) is 28.9 Å². The van der Waals surface area contributed by atoms with E-state index < -0.39 is 35.7 Å². The van der Waals surface area contributed by atoms with Crippen LogP contribution in [0.15, 0.2) is 72.8 Å². The van der Waals surface area contributed by atoms with E-state index in [1.807, 2.05) is 0 Å². The van der Waals surface area contributed by atoms with E-state index in [4.69, 9.17) is 5.21 Å². The van der Waals surface area contributed by atoms with Crippen LogP contribution in [0.5, 0.6) is 0 Å². The van der Waals surface area contributed by atoms with Crippen LogP contribution in [0.25, 0.3) is 0 Å². The molecule has 0 saturated carbocycles. The van der Waals surface area contributed by atoms with Crippen molar-refractivity contribution < 1.29 is 37.9 Å². The molecule has 0 radical (unpaired) electrons. The van der Waals surface area contributed by atoms with Crippen LogP contribution in [-0.4, -0.2) is 46.7 Å². The number of nitrogens with one attached hydrogen (secondary N) is 4. The first-order valence-corrected chi connectivity index (χ1v) is 12.3. The van der Waals surface area contributed by atoms with E-state index in [0.29, 0.717) is 22.4 Å². The molecule has 0 saturated heterocycles. The van der Waals surface area contributed by atoms with E-state index in [-0.39, 0.29) is 24.6 Å². The van der Waals surface area contributed by atoms with Gasteiger partial charge >= 0.3 is 6.18 Å². The first-order chi connectivity index (χ1) is 19.5. The van der Waals surface area contributed by atoms with Gasteiger partial charge in [0.25, 0.3) is 11.8 Å². The summed E-state index contributed by atoms with van der Waals surface area (Å²) in [5, 5.41) is 26.2. The molecule has 6 N–H and O–H groups in total. The fourth-order valence-corrected chi connectivity index (χ4v) is 3.57. The smallest absolute Gasteiger partial charge is 0.391 e. The van der Waals surface area contributed by atoms with Gasteiger partial charge in [-0.25, -0.2) is 5.48 Å². The summed E-state index contributed by atoms with van der Waals surface area (Å²) in [5.41, 5.74) is 3.04. The predicted octanol–water partition coefficient (Wildman–Crippen LogP) is 2.82. The number of alkyl halides is 3. The summed E-state index contributed by atoms with van der Waals surface area (Å²) in [7, 11) is 0. The van der Waals surface area contributed by atoms with Crippen LogP contribution in [0, 0.1) is 11.8 Å². The minimum absolute atomic E-state index is 0.0971. The SMILES string of the molecule is C[C@@H](O)[C@H](NC(=O)c1ccc(C#Cc2ccc(NC(=O)CNCc3cccc(C(F)(F)F)c3)cc2)cc1)C(=O)NO. The molecule has 0 aliphatic heterocycles. The Balaban J connectivity index is 1.50. The number of carbonyl (C=O) groups excluding carboxylic acids is 3. The molecule has 2 atom stereocenters. The van der Waals surface area contributed by atoms with Gasteiger partial charge in [-0.15, -0.1) is 0 Å². The van der Waals surface area contributed by atoms with E-state index >= 15 is 0 Å². The molecule has 214 valence electrons. The lowest BCUT2D eigenvalue weighted by Crippen LogP contribution is -2.51. The van der Waals surface area contributed by atoms with Crippen molar-refractivity contribution in [3.8, 4) is 11.8 Å². The van der Waals surface area contributed by atoms with Crippen molar-refractivity contribution >= 4 is 23.4 Å². The Morgan fingerprint density at radius 1 is 0.927 bits per heavy atom. The van der Waals surface area contributed by atoms with Gasteiger partial charge in [-0.05, 0) is 67.1 Å². The summed E-state index contributed by atoms with van der Waals surface area (Å²) in [5.74, 6) is 3.96. The summed E-state index contributed by atoms with van der Waals surface area (Å²) in [6, 6.07) is 16.5. The summed E-state index contributed by atoms with van der Waals surface area (Å²) in [6.07, 6.45) is -5.66. The highest BCUT2D eigenvalue weighted by molar-refractivity contribution is 5.97. The van der Waals surface area contributed by atoms with Gasteiger partial charge in [0.1, 0.15) is 6.04 Å². The molecule has 0 fully saturated rings. The van der Waals surface area contributed by atoms with Crippen LogP contribution in [0.1, 0.15) is 39.5 Å². The number of anilines is 1. The lowest BCUT2D eigenvalue weighted by atomic mass is 10.1. The second-order valence-electron chi connectivity index (χ2n) is 8.92. The summed E-state index contributed by atoms with van der Waals surface area (Å²) >= 11 is 0.